The third kappa shape index (κ3) is 6.42. The molecule has 1 fully saturated rings. The van der Waals surface area contributed by atoms with Gasteiger partial charge in [0, 0.05) is 0 Å². The molecule has 4 atom stereocenters. The Balaban J connectivity index is 1.43. The van der Waals surface area contributed by atoms with E-state index in [1.54, 1.807) is 79.7 Å². The number of anilines is 1. The van der Waals surface area contributed by atoms with E-state index in [-0.39, 0.29) is 34.1 Å². The zero-order valence-corrected chi connectivity index (χ0v) is 27.4. The number of ether oxygens (including phenoxy) is 4. The van der Waals surface area contributed by atoms with Gasteiger partial charge in [-0.1, -0.05) is 65.3 Å². The number of benzene rings is 3. The highest BCUT2D eigenvalue weighted by Crippen LogP contribution is 2.46. The quantitative estimate of drug-likeness (QED) is 0.123. The first-order chi connectivity index (χ1) is 22.9. The van der Waals surface area contributed by atoms with Crippen molar-refractivity contribution in [2.24, 2.45) is 0 Å². The standard InChI is InChI=1S/C35H33N5O7S/c1-19-5-11-22(12-6-19)31(41)44-18-26-27(46-32(42)23-13-7-20(2)8-14-23)35(4,47-33(43)24-15-9-21(3)10-16-24)28(45-26)29-37-17-25-30(48)38-34(36)39-40(25)29/h5-17,26-28H,18H2,1-4H3,(H3,36,38,39,48)/t26?,27-,28+,35-/m1/s1. The lowest BCUT2D eigenvalue weighted by molar-refractivity contribution is -0.0907. The minimum absolute atomic E-state index is 0.00836. The average molecular weight is 668 g/mol. The van der Waals surface area contributed by atoms with Crippen molar-refractivity contribution in [1.29, 1.82) is 0 Å². The van der Waals surface area contributed by atoms with Crippen LogP contribution < -0.4 is 5.73 Å². The lowest BCUT2D eigenvalue weighted by Crippen LogP contribution is -2.50. The third-order valence-corrected chi connectivity index (χ3v) is 8.51. The molecule has 1 aliphatic rings. The monoisotopic (exact) mass is 667 g/mol. The Morgan fingerprint density at radius 3 is 1.96 bits per heavy atom. The molecule has 1 aliphatic heterocycles. The number of fused-ring (bicyclic) bond motifs is 1. The van der Waals surface area contributed by atoms with Crippen LogP contribution in [0, 0.1) is 25.4 Å². The van der Waals surface area contributed by atoms with Crippen LogP contribution in [0.15, 0.2) is 79.0 Å². The van der Waals surface area contributed by atoms with Gasteiger partial charge >= 0.3 is 17.9 Å². The molecule has 0 spiro atoms. The van der Waals surface area contributed by atoms with E-state index < -0.39 is 41.8 Å². The summed E-state index contributed by atoms with van der Waals surface area (Å²) in [6.45, 7) is 6.93. The highest BCUT2D eigenvalue weighted by Gasteiger charge is 2.61. The second-order valence-corrected chi connectivity index (χ2v) is 12.3. The van der Waals surface area contributed by atoms with Crippen molar-refractivity contribution in [3.63, 3.8) is 0 Å². The fourth-order valence-electron chi connectivity index (χ4n) is 5.53. The van der Waals surface area contributed by atoms with Crippen LogP contribution in [0.1, 0.15) is 66.6 Å². The highest BCUT2D eigenvalue weighted by molar-refractivity contribution is 7.71. The molecule has 48 heavy (non-hydrogen) atoms. The van der Waals surface area contributed by atoms with Gasteiger partial charge in [0.15, 0.2) is 28.3 Å². The number of rotatable bonds is 8. The van der Waals surface area contributed by atoms with Crippen LogP contribution in [0.4, 0.5) is 5.95 Å². The maximum atomic E-state index is 13.7. The number of H-pyrrole nitrogens is 1. The fourth-order valence-corrected chi connectivity index (χ4v) is 5.77. The number of esters is 3. The van der Waals surface area contributed by atoms with Crippen molar-refractivity contribution in [1.82, 2.24) is 19.6 Å². The Morgan fingerprint density at radius 2 is 1.40 bits per heavy atom. The average Bonchev–Trinajstić information content (AvgIpc) is 3.59. The molecule has 6 rings (SSSR count). The van der Waals surface area contributed by atoms with Gasteiger partial charge in [0.2, 0.25) is 5.95 Å². The highest BCUT2D eigenvalue weighted by atomic mass is 32.1. The van der Waals surface area contributed by atoms with Gasteiger partial charge in [-0.25, -0.2) is 28.9 Å². The number of nitrogens with two attached hydrogens (primary N) is 1. The second-order valence-electron chi connectivity index (χ2n) is 11.9. The minimum atomic E-state index is -1.72. The molecule has 2 aromatic heterocycles. The molecule has 3 N–H and O–H groups in total. The molecular weight excluding hydrogens is 634 g/mol. The van der Waals surface area contributed by atoms with Gasteiger partial charge in [-0.15, -0.1) is 0 Å². The summed E-state index contributed by atoms with van der Waals surface area (Å²) in [5, 5.41) is 2.90. The van der Waals surface area contributed by atoms with Gasteiger partial charge in [-0.2, -0.15) is 0 Å². The van der Waals surface area contributed by atoms with E-state index in [4.69, 9.17) is 36.9 Å². The number of carbonyl (C=O) groups is 3. The molecule has 0 amide bonds. The molecule has 13 heteroatoms. The van der Waals surface area contributed by atoms with E-state index in [1.165, 1.54) is 10.7 Å². The van der Waals surface area contributed by atoms with Crippen molar-refractivity contribution in [3.05, 3.63) is 123 Å². The Kier molecular flexibility index (Phi) is 8.82. The number of hydrogen-bond donors (Lipinski definition) is 2. The van der Waals surface area contributed by atoms with Crippen molar-refractivity contribution >= 4 is 41.6 Å². The topological polar surface area (TPSA) is 160 Å². The van der Waals surface area contributed by atoms with E-state index in [1.807, 2.05) is 20.8 Å². The SMILES string of the molecule is Cc1ccc(C(=O)OCC2O[C@@H](c3ncc4c(=S)nc(N)[nH]n34)[C@](C)(OC(=O)c3ccc(C)cc3)[C@@H]2OC(=O)c2ccc(C)cc2)cc1. The molecule has 0 saturated carbocycles. The molecule has 1 saturated heterocycles. The number of nitrogens with zero attached hydrogens (tertiary/aromatic N) is 3. The van der Waals surface area contributed by atoms with Gasteiger partial charge in [-0.05, 0) is 64.1 Å². The van der Waals surface area contributed by atoms with Crippen LogP contribution in [-0.2, 0) is 18.9 Å². The zero-order valence-electron chi connectivity index (χ0n) is 26.6. The summed E-state index contributed by atoms with van der Waals surface area (Å²) in [5.41, 5.74) is 8.41. The van der Waals surface area contributed by atoms with Crippen LogP contribution >= 0.6 is 12.2 Å². The lowest BCUT2D eigenvalue weighted by atomic mass is 9.91. The number of aryl methyl sites for hydroxylation is 3. The number of aromatic amines is 1. The molecule has 0 radical (unpaired) electrons. The van der Waals surface area contributed by atoms with E-state index in [0.717, 1.165) is 16.7 Å². The van der Waals surface area contributed by atoms with Gasteiger partial charge < -0.3 is 24.7 Å². The molecule has 3 heterocycles. The summed E-state index contributed by atoms with van der Waals surface area (Å²) >= 11 is 5.40. The van der Waals surface area contributed by atoms with Crippen molar-refractivity contribution < 1.29 is 33.3 Å². The van der Waals surface area contributed by atoms with E-state index in [0.29, 0.717) is 11.1 Å². The molecule has 0 bridgehead atoms. The summed E-state index contributed by atoms with van der Waals surface area (Å²) in [6, 6.07) is 20.5. The smallest absolute Gasteiger partial charge is 0.338 e. The van der Waals surface area contributed by atoms with Crippen LogP contribution in [0.25, 0.3) is 5.52 Å². The largest absolute Gasteiger partial charge is 0.459 e. The number of hydrogen-bond acceptors (Lipinski definition) is 11. The number of aromatic nitrogens is 4. The Labute approximate surface area is 280 Å². The first-order valence-corrected chi connectivity index (χ1v) is 15.5. The lowest BCUT2D eigenvalue weighted by Gasteiger charge is -2.34. The predicted octanol–water partition coefficient (Wildman–Crippen LogP) is 5.43. The predicted molar refractivity (Wildman–Crippen MR) is 177 cm³/mol. The molecular formula is C35H33N5O7S. The summed E-state index contributed by atoms with van der Waals surface area (Å²) < 4.78 is 26.2. The molecule has 1 unspecified atom stereocenters. The van der Waals surface area contributed by atoms with Crippen molar-refractivity contribution in [2.45, 2.75) is 51.6 Å². The number of carbonyl (C=O) groups excluding carboxylic acids is 3. The maximum absolute atomic E-state index is 13.7. The Hall–Kier alpha value is -5.40. The first-order valence-electron chi connectivity index (χ1n) is 15.1. The Morgan fingerprint density at radius 1 is 0.875 bits per heavy atom. The van der Waals surface area contributed by atoms with Gasteiger partial charge in [0.25, 0.3) is 0 Å². The summed E-state index contributed by atoms with van der Waals surface area (Å²) in [4.78, 5) is 49.1. The van der Waals surface area contributed by atoms with Crippen LogP contribution in [0.5, 0.6) is 0 Å². The molecule has 0 aliphatic carbocycles. The van der Waals surface area contributed by atoms with Crippen molar-refractivity contribution in [3.8, 4) is 0 Å². The molecule has 12 nitrogen and oxygen atoms in total. The summed E-state index contributed by atoms with van der Waals surface area (Å²) in [7, 11) is 0. The van der Waals surface area contributed by atoms with E-state index >= 15 is 0 Å². The van der Waals surface area contributed by atoms with Gasteiger partial charge in [0.1, 0.15) is 18.2 Å². The normalized spacial score (nSPS) is 20.4. The van der Waals surface area contributed by atoms with E-state index in [9.17, 15) is 14.4 Å². The third-order valence-electron chi connectivity index (χ3n) is 8.21. The minimum Gasteiger partial charge on any atom is -0.459 e. The van der Waals surface area contributed by atoms with Gasteiger partial charge in [-0.3, -0.25) is 5.10 Å². The van der Waals surface area contributed by atoms with E-state index in [2.05, 4.69) is 15.1 Å². The Bertz CT molecular complexity index is 2060. The molecule has 3 aromatic carbocycles. The number of nitrogens with one attached hydrogen (secondary N) is 1. The van der Waals surface area contributed by atoms with Crippen molar-refractivity contribution in [2.75, 3.05) is 12.3 Å². The number of imidazole rings is 1. The van der Waals surface area contributed by atoms with Crippen LogP contribution in [0.2, 0.25) is 0 Å². The first kappa shape index (κ1) is 32.5. The number of nitrogen functional groups attached to an aromatic ring is 1. The molecule has 246 valence electrons. The molecule has 5 aromatic rings. The van der Waals surface area contributed by atoms with Crippen LogP contribution in [-0.4, -0.2) is 61.9 Å². The summed E-state index contributed by atoms with van der Waals surface area (Å²) in [6.07, 6.45) is -2.10. The second kappa shape index (κ2) is 13.0. The van der Waals surface area contributed by atoms with Gasteiger partial charge in [0.05, 0.1) is 22.9 Å². The fraction of sp³-hybridized carbons (Fsp3) is 0.257. The zero-order chi connectivity index (χ0) is 34.2. The maximum Gasteiger partial charge on any atom is 0.338 e. The summed E-state index contributed by atoms with van der Waals surface area (Å²) in [5.74, 6) is -1.80. The van der Waals surface area contributed by atoms with Crippen LogP contribution in [0.3, 0.4) is 0 Å².